The van der Waals surface area contributed by atoms with E-state index in [2.05, 4.69) is 5.32 Å². The van der Waals surface area contributed by atoms with Gasteiger partial charge in [-0.3, -0.25) is 0 Å². The van der Waals surface area contributed by atoms with Gasteiger partial charge in [0.05, 0.1) is 24.5 Å². The lowest BCUT2D eigenvalue weighted by atomic mass is 9.78. The van der Waals surface area contributed by atoms with Crippen LogP contribution in [0.25, 0.3) is 0 Å². The number of nitrogens with one attached hydrogen (secondary N) is 1. The number of carboxylic acids is 1. The minimum atomic E-state index is -1.15. The lowest BCUT2D eigenvalue weighted by Gasteiger charge is -2.45. The molecule has 1 aromatic rings. The summed E-state index contributed by atoms with van der Waals surface area (Å²) in [5.74, 6) is -0.675. The Morgan fingerprint density at radius 1 is 1.16 bits per heavy atom. The molecule has 1 saturated carbocycles. The zero-order chi connectivity index (χ0) is 17.5. The summed E-state index contributed by atoms with van der Waals surface area (Å²) < 4.78 is 25.8. The number of hydrogen-bond acceptors (Lipinski definition) is 4. The molecule has 0 bridgehead atoms. The molecule has 1 aliphatic carbocycles. The van der Waals surface area contributed by atoms with Gasteiger partial charge in [0.1, 0.15) is 17.1 Å². The average Bonchev–Trinajstić information content (AvgIpc) is 3.02. The molecule has 0 radical (unpaired) electrons. The van der Waals surface area contributed by atoms with Crippen molar-refractivity contribution in [2.45, 2.75) is 62.5 Å². The fourth-order valence-corrected chi connectivity index (χ4v) is 4.61. The van der Waals surface area contributed by atoms with Gasteiger partial charge in [-0.25, -0.2) is 9.18 Å². The molecule has 1 atom stereocenters. The summed E-state index contributed by atoms with van der Waals surface area (Å²) >= 11 is 0. The first kappa shape index (κ1) is 16.6. The van der Waals surface area contributed by atoms with Crippen LogP contribution in [-0.4, -0.2) is 35.4 Å². The van der Waals surface area contributed by atoms with Crippen LogP contribution in [0.2, 0.25) is 0 Å². The van der Waals surface area contributed by atoms with Gasteiger partial charge in [0.2, 0.25) is 0 Å². The number of aryl methyl sites for hydroxylation is 1. The molecular weight excluding hydrogens is 325 g/mol. The third-order valence-corrected chi connectivity index (χ3v) is 5.83. The molecule has 2 fully saturated rings. The Kier molecular flexibility index (Phi) is 4.10. The third-order valence-electron chi connectivity index (χ3n) is 5.83. The van der Waals surface area contributed by atoms with Gasteiger partial charge in [0, 0.05) is 18.9 Å². The molecule has 1 aromatic carbocycles. The van der Waals surface area contributed by atoms with Crippen LogP contribution < -0.4 is 10.1 Å². The molecular formula is C19H24FNO4. The van der Waals surface area contributed by atoms with Crippen LogP contribution in [0.4, 0.5) is 10.1 Å². The number of fused-ring (bicyclic) bond motifs is 1. The molecule has 1 saturated heterocycles. The lowest BCUT2D eigenvalue weighted by molar-refractivity contribution is -0.155. The second-order valence-electron chi connectivity index (χ2n) is 7.57. The van der Waals surface area contributed by atoms with Gasteiger partial charge >= 0.3 is 5.97 Å². The molecule has 5 nitrogen and oxygen atoms in total. The second kappa shape index (κ2) is 6.16. The highest BCUT2D eigenvalue weighted by molar-refractivity contribution is 5.84. The number of anilines is 1. The quantitative estimate of drug-likeness (QED) is 0.874. The number of ether oxygens (including phenoxy) is 2. The van der Waals surface area contributed by atoms with Crippen LogP contribution in [0.1, 0.15) is 50.5 Å². The zero-order valence-corrected chi connectivity index (χ0v) is 14.3. The van der Waals surface area contributed by atoms with Crippen LogP contribution in [-0.2, 0) is 16.0 Å². The number of halogens is 1. The number of carbonyl (C=O) groups is 1. The molecule has 1 spiro atoms. The summed E-state index contributed by atoms with van der Waals surface area (Å²) in [4.78, 5) is 12.2. The minimum absolute atomic E-state index is 0.357. The first-order chi connectivity index (χ1) is 12.0. The maximum absolute atomic E-state index is 14.1. The first-order valence-electron chi connectivity index (χ1n) is 9.13. The largest absolute Gasteiger partial charge is 0.491 e. The second-order valence-corrected chi connectivity index (χ2v) is 7.57. The monoisotopic (exact) mass is 349 g/mol. The van der Waals surface area contributed by atoms with Crippen LogP contribution in [0.5, 0.6) is 5.75 Å². The van der Waals surface area contributed by atoms with E-state index in [4.69, 9.17) is 9.47 Å². The smallest absolute Gasteiger partial charge is 0.329 e. The van der Waals surface area contributed by atoms with Crippen molar-refractivity contribution in [1.82, 2.24) is 0 Å². The van der Waals surface area contributed by atoms with E-state index in [1.54, 1.807) is 0 Å². The predicted octanol–water partition coefficient (Wildman–Crippen LogP) is 3.51. The van der Waals surface area contributed by atoms with Gasteiger partial charge in [-0.2, -0.15) is 0 Å². The van der Waals surface area contributed by atoms with Crippen molar-refractivity contribution in [3.8, 4) is 5.75 Å². The van der Waals surface area contributed by atoms with E-state index in [1.807, 2.05) is 0 Å². The van der Waals surface area contributed by atoms with E-state index in [1.165, 1.54) is 12.1 Å². The number of aliphatic carboxylic acids is 1. The summed E-state index contributed by atoms with van der Waals surface area (Å²) in [6.45, 7) is 0.970. The normalized spacial score (nSPS) is 27.6. The summed E-state index contributed by atoms with van der Waals surface area (Å²) in [5.41, 5.74) is -0.257. The lowest BCUT2D eigenvalue weighted by Crippen LogP contribution is -2.56. The van der Waals surface area contributed by atoms with Crippen molar-refractivity contribution in [2.24, 2.45) is 0 Å². The third kappa shape index (κ3) is 2.97. The SMILES string of the molecule is O=C(O)C1(Nc2cc(F)cc3c2OCCC3)CCOC2(CCCC2)C1. The van der Waals surface area contributed by atoms with Crippen molar-refractivity contribution < 1.29 is 23.8 Å². The topological polar surface area (TPSA) is 67.8 Å². The Morgan fingerprint density at radius 2 is 1.96 bits per heavy atom. The zero-order valence-electron chi connectivity index (χ0n) is 14.3. The molecule has 2 N–H and O–H groups in total. The van der Waals surface area contributed by atoms with Crippen molar-refractivity contribution in [1.29, 1.82) is 0 Å². The van der Waals surface area contributed by atoms with Crippen LogP contribution in [0.15, 0.2) is 12.1 Å². The fourth-order valence-electron chi connectivity index (χ4n) is 4.61. The van der Waals surface area contributed by atoms with E-state index in [9.17, 15) is 14.3 Å². The molecule has 4 rings (SSSR count). The van der Waals surface area contributed by atoms with Crippen molar-refractivity contribution in [3.63, 3.8) is 0 Å². The van der Waals surface area contributed by atoms with Crippen LogP contribution in [0.3, 0.4) is 0 Å². The van der Waals surface area contributed by atoms with Gasteiger partial charge in [-0.05, 0) is 37.3 Å². The van der Waals surface area contributed by atoms with Crippen molar-refractivity contribution in [3.05, 3.63) is 23.5 Å². The number of hydrogen-bond donors (Lipinski definition) is 2. The van der Waals surface area contributed by atoms with Gasteiger partial charge in [0.15, 0.2) is 0 Å². The van der Waals surface area contributed by atoms with Gasteiger partial charge < -0.3 is 19.9 Å². The Labute approximate surface area is 146 Å². The van der Waals surface area contributed by atoms with E-state index < -0.39 is 11.5 Å². The first-order valence-corrected chi connectivity index (χ1v) is 9.13. The Balaban J connectivity index is 1.69. The van der Waals surface area contributed by atoms with E-state index >= 15 is 0 Å². The number of rotatable bonds is 3. The van der Waals surface area contributed by atoms with Gasteiger partial charge in [0.25, 0.3) is 0 Å². The highest BCUT2D eigenvalue weighted by Crippen LogP contribution is 2.46. The maximum Gasteiger partial charge on any atom is 0.329 e. The Hall–Kier alpha value is -1.82. The molecule has 6 heteroatoms. The number of carboxylic acid groups (broad SMARTS) is 1. The molecule has 1 unspecified atom stereocenters. The summed E-state index contributed by atoms with van der Waals surface area (Å²) in [5, 5.41) is 13.2. The highest BCUT2D eigenvalue weighted by atomic mass is 19.1. The predicted molar refractivity (Wildman–Crippen MR) is 90.6 cm³/mol. The molecule has 136 valence electrons. The van der Waals surface area contributed by atoms with Crippen LogP contribution >= 0.6 is 0 Å². The Bertz CT molecular complexity index is 686. The standard InChI is InChI=1S/C19H24FNO4/c20-14-10-13-4-3-8-24-16(13)15(11-14)21-19(17(22)23)7-9-25-18(12-19)5-1-2-6-18/h10-11,21H,1-9,12H2,(H,22,23). The molecule has 2 heterocycles. The molecule has 0 amide bonds. The minimum Gasteiger partial charge on any atom is -0.491 e. The van der Waals surface area contributed by atoms with Crippen molar-refractivity contribution >= 4 is 11.7 Å². The fraction of sp³-hybridized carbons (Fsp3) is 0.632. The molecule has 3 aliphatic rings. The van der Waals surface area contributed by atoms with Crippen LogP contribution in [0, 0.1) is 5.82 Å². The summed E-state index contributed by atoms with van der Waals surface area (Å²) in [7, 11) is 0. The van der Waals surface area contributed by atoms with E-state index in [-0.39, 0.29) is 11.4 Å². The van der Waals surface area contributed by atoms with Gasteiger partial charge in [-0.1, -0.05) is 12.8 Å². The average molecular weight is 349 g/mol. The summed E-state index contributed by atoms with van der Waals surface area (Å²) in [6.07, 6.45) is 6.26. The number of benzene rings is 1. The molecule has 25 heavy (non-hydrogen) atoms. The van der Waals surface area contributed by atoms with E-state index in [0.29, 0.717) is 37.5 Å². The molecule has 0 aromatic heterocycles. The Morgan fingerprint density at radius 3 is 2.72 bits per heavy atom. The maximum atomic E-state index is 14.1. The van der Waals surface area contributed by atoms with Crippen molar-refractivity contribution in [2.75, 3.05) is 18.5 Å². The summed E-state index contributed by atoms with van der Waals surface area (Å²) in [6, 6.07) is 2.83. The van der Waals surface area contributed by atoms with Gasteiger partial charge in [-0.15, -0.1) is 0 Å². The van der Waals surface area contributed by atoms with E-state index in [0.717, 1.165) is 44.1 Å². The highest BCUT2D eigenvalue weighted by Gasteiger charge is 2.51. The molecule has 2 aliphatic heterocycles.